The largest absolute Gasteiger partial charge is 0.482 e. The zero-order valence-electron chi connectivity index (χ0n) is 19.4. The Morgan fingerprint density at radius 3 is 2.23 bits per heavy atom. The summed E-state index contributed by atoms with van der Waals surface area (Å²) in [5.41, 5.74) is 1.44. The van der Waals surface area contributed by atoms with E-state index in [2.05, 4.69) is 4.74 Å². The molecule has 0 bridgehead atoms. The van der Waals surface area contributed by atoms with Gasteiger partial charge in [0.15, 0.2) is 12.4 Å². The third-order valence-electron chi connectivity index (χ3n) is 5.69. The Kier molecular flexibility index (Phi) is 6.96. The van der Waals surface area contributed by atoms with Gasteiger partial charge in [-0.3, -0.25) is 4.79 Å². The number of aliphatic carboxylic acids is 1. The molecule has 1 N–H and O–H groups in total. The molecule has 0 radical (unpaired) electrons. The second-order valence-corrected chi connectivity index (χ2v) is 8.26. The van der Waals surface area contributed by atoms with E-state index in [-0.39, 0.29) is 18.9 Å². The van der Waals surface area contributed by atoms with E-state index in [0.29, 0.717) is 22.8 Å². The van der Waals surface area contributed by atoms with Crippen LogP contribution in [0.2, 0.25) is 0 Å². The van der Waals surface area contributed by atoms with Crippen molar-refractivity contribution in [2.75, 3.05) is 13.7 Å². The van der Waals surface area contributed by atoms with Crippen LogP contribution in [-0.4, -0.2) is 35.7 Å². The molecule has 178 valence electrons. The van der Waals surface area contributed by atoms with Crippen LogP contribution in [0.1, 0.15) is 18.4 Å². The molecule has 7 heteroatoms. The topological polar surface area (TPSA) is 98.9 Å². The van der Waals surface area contributed by atoms with Gasteiger partial charge < -0.3 is 19.0 Å². The smallest absolute Gasteiger partial charge is 0.343 e. The van der Waals surface area contributed by atoms with Crippen molar-refractivity contribution in [1.29, 1.82) is 0 Å². The molecule has 0 saturated carbocycles. The molecular formula is C28H25NO6. The van der Waals surface area contributed by atoms with Gasteiger partial charge in [-0.2, -0.15) is 0 Å². The summed E-state index contributed by atoms with van der Waals surface area (Å²) in [6.45, 7) is 1.35. The lowest BCUT2D eigenvalue weighted by molar-refractivity contribution is -0.144. The summed E-state index contributed by atoms with van der Waals surface area (Å²) in [5, 5.41) is 10.3. The van der Waals surface area contributed by atoms with Crippen LogP contribution in [0.3, 0.4) is 0 Å². The Labute approximate surface area is 203 Å². The second-order valence-electron chi connectivity index (χ2n) is 8.26. The highest BCUT2D eigenvalue weighted by atomic mass is 16.6. The van der Waals surface area contributed by atoms with E-state index in [1.807, 2.05) is 60.7 Å². The predicted molar refractivity (Wildman–Crippen MR) is 130 cm³/mol. The first-order chi connectivity index (χ1) is 16.9. The van der Waals surface area contributed by atoms with Crippen molar-refractivity contribution in [3.8, 4) is 28.3 Å². The fraction of sp³-hybridized carbons (Fsp3) is 0.179. The minimum absolute atomic E-state index is 0.0979. The fourth-order valence-corrected chi connectivity index (χ4v) is 3.73. The van der Waals surface area contributed by atoms with Crippen LogP contribution in [0.5, 0.6) is 5.75 Å². The molecular weight excluding hydrogens is 446 g/mol. The van der Waals surface area contributed by atoms with Gasteiger partial charge in [-0.1, -0.05) is 72.8 Å². The maximum absolute atomic E-state index is 12.6. The number of rotatable bonds is 9. The molecule has 7 nitrogen and oxygen atoms in total. The molecule has 1 heterocycles. The lowest BCUT2D eigenvalue weighted by Gasteiger charge is -2.21. The highest BCUT2D eigenvalue weighted by Crippen LogP contribution is 2.38. The number of esters is 1. The summed E-state index contributed by atoms with van der Waals surface area (Å²) in [5.74, 6) is -0.535. The van der Waals surface area contributed by atoms with E-state index in [1.165, 1.54) is 7.11 Å². The molecule has 0 amide bonds. The summed E-state index contributed by atoms with van der Waals surface area (Å²) in [7, 11) is 1.28. The van der Waals surface area contributed by atoms with E-state index in [0.717, 1.165) is 11.1 Å². The maximum atomic E-state index is 12.6. The van der Waals surface area contributed by atoms with E-state index in [1.54, 1.807) is 31.2 Å². The Balaban J connectivity index is 1.73. The van der Waals surface area contributed by atoms with Crippen molar-refractivity contribution < 1.29 is 28.6 Å². The average molecular weight is 472 g/mol. The zero-order chi connectivity index (χ0) is 24.8. The van der Waals surface area contributed by atoms with Crippen molar-refractivity contribution in [3.05, 3.63) is 96.4 Å². The monoisotopic (exact) mass is 471 g/mol. The van der Waals surface area contributed by atoms with E-state index in [4.69, 9.17) is 14.1 Å². The lowest BCUT2D eigenvalue weighted by atomic mass is 9.83. The minimum atomic E-state index is -1.46. The molecule has 1 atom stereocenters. The quantitative estimate of drug-likeness (QED) is 0.337. The molecule has 3 aromatic carbocycles. The minimum Gasteiger partial charge on any atom is -0.482 e. The molecule has 1 aromatic heterocycles. The van der Waals surface area contributed by atoms with Gasteiger partial charge in [-0.05, 0) is 31.0 Å². The summed E-state index contributed by atoms with van der Waals surface area (Å²) < 4.78 is 16.2. The Hall–Kier alpha value is -4.39. The van der Waals surface area contributed by atoms with Crippen molar-refractivity contribution in [2.45, 2.75) is 18.8 Å². The van der Waals surface area contributed by atoms with Crippen LogP contribution in [-0.2, 0) is 26.2 Å². The number of ether oxygens (including phenoxy) is 2. The number of hydrogen-bond acceptors (Lipinski definition) is 6. The molecule has 4 aromatic rings. The third kappa shape index (κ3) is 5.24. The highest BCUT2D eigenvalue weighted by molar-refractivity contribution is 5.82. The van der Waals surface area contributed by atoms with Gasteiger partial charge in [0, 0.05) is 11.1 Å². The van der Waals surface area contributed by atoms with Gasteiger partial charge >= 0.3 is 11.9 Å². The number of carboxylic acid groups (broad SMARTS) is 1. The van der Waals surface area contributed by atoms with Crippen molar-refractivity contribution in [2.24, 2.45) is 0 Å². The number of carbonyl (C=O) groups is 2. The van der Waals surface area contributed by atoms with Gasteiger partial charge in [-0.25, -0.2) is 9.78 Å². The number of carboxylic acids is 1. The van der Waals surface area contributed by atoms with Gasteiger partial charge in [0.1, 0.15) is 16.9 Å². The van der Waals surface area contributed by atoms with Gasteiger partial charge in [0.05, 0.1) is 7.11 Å². The van der Waals surface area contributed by atoms with Crippen LogP contribution >= 0.6 is 0 Å². The summed E-state index contributed by atoms with van der Waals surface area (Å²) >= 11 is 0. The van der Waals surface area contributed by atoms with Crippen LogP contribution in [0.25, 0.3) is 22.6 Å². The molecule has 35 heavy (non-hydrogen) atoms. The Bertz CT molecular complexity index is 1260. The summed E-state index contributed by atoms with van der Waals surface area (Å²) in [6.07, 6.45) is 0.0979. The second kappa shape index (κ2) is 10.3. The molecule has 0 aliphatic carbocycles. The summed E-state index contributed by atoms with van der Waals surface area (Å²) in [4.78, 5) is 28.7. The molecule has 4 rings (SSSR count). The molecule has 0 aliphatic rings. The Morgan fingerprint density at radius 1 is 0.943 bits per heavy atom. The number of benzene rings is 3. The number of methoxy groups -OCH3 is 1. The molecule has 0 saturated heterocycles. The van der Waals surface area contributed by atoms with Gasteiger partial charge in [0.2, 0.25) is 5.89 Å². The number of carbonyl (C=O) groups excluding carboxylic acids is 1. The molecule has 1 unspecified atom stereocenters. The first kappa shape index (κ1) is 23.8. The van der Waals surface area contributed by atoms with Crippen LogP contribution < -0.4 is 4.74 Å². The Morgan fingerprint density at radius 2 is 1.60 bits per heavy atom. The van der Waals surface area contributed by atoms with Gasteiger partial charge in [0.25, 0.3) is 0 Å². The van der Waals surface area contributed by atoms with Crippen LogP contribution in [0.15, 0.2) is 89.3 Å². The molecule has 0 aliphatic heterocycles. The first-order valence-corrected chi connectivity index (χ1v) is 11.0. The van der Waals surface area contributed by atoms with E-state index < -0.39 is 17.4 Å². The van der Waals surface area contributed by atoms with Crippen LogP contribution in [0.4, 0.5) is 0 Å². The lowest BCUT2D eigenvalue weighted by Crippen LogP contribution is -2.35. The van der Waals surface area contributed by atoms with Crippen molar-refractivity contribution >= 4 is 11.9 Å². The van der Waals surface area contributed by atoms with Crippen molar-refractivity contribution in [3.63, 3.8) is 0 Å². The van der Waals surface area contributed by atoms with E-state index in [9.17, 15) is 14.7 Å². The highest BCUT2D eigenvalue weighted by Gasteiger charge is 2.41. The predicted octanol–water partition coefficient (Wildman–Crippen LogP) is 5.15. The number of aromatic nitrogens is 1. The first-order valence-electron chi connectivity index (χ1n) is 11.0. The third-order valence-corrected chi connectivity index (χ3v) is 5.69. The number of nitrogens with zero attached hydrogens (tertiary/aromatic N) is 1. The van der Waals surface area contributed by atoms with Crippen LogP contribution in [0, 0.1) is 0 Å². The zero-order valence-corrected chi connectivity index (χ0v) is 19.4. The SMILES string of the molecule is COC(=O)COc1cccc(CC(C)(C(=O)O)c2nc(-c3ccccc3)c(-c3ccccc3)o2)c1. The molecule has 0 fully saturated rings. The van der Waals surface area contributed by atoms with E-state index >= 15 is 0 Å². The van der Waals surface area contributed by atoms with Gasteiger partial charge in [-0.15, -0.1) is 0 Å². The van der Waals surface area contributed by atoms with Crippen molar-refractivity contribution in [1.82, 2.24) is 4.98 Å². The standard InChI is InChI=1S/C28H25NO6/c1-28(27(31)32,17-19-10-9-15-22(16-19)34-18-23(30)33-2)26-29-24(20-11-5-3-6-12-20)25(35-26)21-13-7-4-8-14-21/h3-16H,17-18H2,1-2H3,(H,31,32). The number of hydrogen-bond donors (Lipinski definition) is 1. The summed E-state index contributed by atoms with van der Waals surface area (Å²) in [6, 6.07) is 25.9. The average Bonchev–Trinajstić information content (AvgIpc) is 3.35. The normalized spacial score (nSPS) is 12.5. The number of oxazole rings is 1. The molecule has 0 spiro atoms. The maximum Gasteiger partial charge on any atom is 0.343 e. The fourth-order valence-electron chi connectivity index (χ4n) is 3.73.